The lowest BCUT2D eigenvalue weighted by Gasteiger charge is -1.99. The Bertz CT molecular complexity index is 953. The van der Waals surface area contributed by atoms with E-state index >= 15 is 0 Å². The number of carbonyl (C=O) groups excluding carboxylic acids is 1. The molecule has 0 saturated heterocycles. The van der Waals surface area contributed by atoms with Gasteiger partial charge in [0.1, 0.15) is 11.1 Å². The SMILES string of the molecule is Cn1cc(C=CC(=O)c2cc3cc(Br)ccc3oc2=O)cn1. The van der Waals surface area contributed by atoms with Crippen LogP contribution in [0.15, 0.2) is 56.4 Å². The second-order valence-electron chi connectivity index (χ2n) is 4.77. The zero-order chi connectivity index (χ0) is 15.7. The number of carbonyl (C=O) groups is 1. The van der Waals surface area contributed by atoms with E-state index in [4.69, 9.17) is 4.42 Å². The van der Waals surface area contributed by atoms with Crippen molar-refractivity contribution in [2.75, 3.05) is 0 Å². The summed E-state index contributed by atoms with van der Waals surface area (Å²) in [7, 11) is 1.79. The largest absolute Gasteiger partial charge is 0.422 e. The summed E-state index contributed by atoms with van der Waals surface area (Å²) >= 11 is 3.35. The van der Waals surface area contributed by atoms with Crippen molar-refractivity contribution in [3.05, 3.63) is 68.8 Å². The van der Waals surface area contributed by atoms with Crippen LogP contribution < -0.4 is 5.63 Å². The Hall–Kier alpha value is -2.47. The fourth-order valence-electron chi connectivity index (χ4n) is 2.05. The summed E-state index contributed by atoms with van der Waals surface area (Å²) < 4.78 is 7.65. The minimum Gasteiger partial charge on any atom is -0.422 e. The molecular weight excluding hydrogens is 348 g/mol. The summed E-state index contributed by atoms with van der Waals surface area (Å²) in [6.45, 7) is 0. The van der Waals surface area contributed by atoms with Gasteiger partial charge in [0.25, 0.3) is 0 Å². The molecule has 0 unspecified atom stereocenters. The number of hydrogen-bond acceptors (Lipinski definition) is 4. The summed E-state index contributed by atoms with van der Waals surface area (Å²) in [5, 5.41) is 4.69. The van der Waals surface area contributed by atoms with Crippen LogP contribution in [0, 0.1) is 0 Å². The zero-order valence-corrected chi connectivity index (χ0v) is 13.2. The lowest BCUT2D eigenvalue weighted by Crippen LogP contribution is -2.11. The monoisotopic (exact) mass is 358 g/mol. The van der Waals surface area contributed by atoms with Gasteiger partial charge >= 0.3 is 5.63 Å². The van der Waals surface area contributed by atoms with E-state index < -0.39 is 11.4 Å². The molecule has 0 radical (unpaired) electrons. The van der Waals surface area contributed by atoms with Crippen LogP contribution in [0.25, 0.3) is 17.0 Å². The van der Waals surface area contributed by atoms with Crippen LogP contribution in [0.4, 0.5) is 0 Å². The Kier molecular flexibility index (Phi) is 3.77. The fourth-order valence-corrected chi connectivity index (χ4v) is 2.43. The molecule has 0 aliphatic carbocycles. The lowest BCUT2D eigenvalue weighted by molar-refractivity contribution is 0.104. The second-order valence-corrected chi connectivity index (χ2v) is 5.69. The number of nitrogens with zero attached hydrogens (tertiary/aromatic N) is 2. The average molecular weight is 359 g/mol. The number of halogens is 1. The number of allylic oxidation sites excluding steroid dienone is 1. The smallest absolute Gasteiger partial charge is 0.347 e. The van der Waals surface area contributed by atoms with E-state index in [2.05, 4.69) is 21.0 Å². The highest BCUT2D eigenvalue weighted by molar-refractivity contribution is 9.10. The highest BCUT2D eigenvalue weighted by Crippen LogP contribution is 2.19. The topological polar surface area (TPSA) is 65.1 Å². The van der Waals surface area contributed by atoms with E-state index in [0.29, 0.717) is 11.0 Å². The molecule has 0 bridgehead atoms. The number of aromatic nitrogens is 2. The number of fused-ring (bicyclic) bond motifs is 1. The standard InChI is InChI=1S/C16H11BrN2O3/c1-19-9-10(8-18-19)2-4-14(20)13-7-11-6-12(17)3-5-15(11)22-16(13)21/h2-9H,1H3. The lowest BCUT2D eigenvalue weighted by atomic mass is 10.1. The molecule has 0 N–H and O–H groups in total. The van der Waals surface area contributed by atoms with Gasteiger partial charge in [-0.1, -0.05) is 15.9 Å². The van der Waals surface area contributed by atoms with Gasteiger partial charge in [0.2, 0.25) is 0 Å². The van der Waals surface area contributed by atoms with E-state index in [1.807, 2.05) is 0 Å². The maximum atomic E-state index is 12.2. The zero-order valence-electron chi connectivity index (χ0n) is 11.6. The third kappa shape index (κ3) is 2.92. The van der Waals surface area contributed by atoms with Crippen molar-refractivity contribution in [3.8, 4) is 0 Å². The molecule has 0 amide bonds. The van der Waals surface area contributed by atoms with E-state index in [9.17, 15) is 9.59 Å². The van der Waals surface area contributed by atoms with Crippen LogP contribution in [0.5, 0.6) is 0 Å². The summed E-state index contributed by atoms with van der Waals surface area (Å²) in [4.78, 5) is 24.1. The first kappa shape index (κ1) is 14.5. The van der Waals surface area contributed by atoms with Crippen molar-refractivity contribution in [2.24, 2.45) is 7.05 Å². The Balaban J connectivity index is 1.98. The van der Waals surface area contributed by atoms with Gasteiger partial charge in [-0.3, -0.25) is 9.48 Å². The molecule has 3 aromatic rings. The van der Waals surface area contributed by atoms with Crippen molar-refractivity contribution in [3.63, 3.8) is 0 Å². The van der Waals surface area contributed by atoms with Crippen LogP contribution in [-0.2, 0) is 7.05 Å². The number of ketones is 1. The maximum Gasteiger partial charge on any atom is 0.347 e. The maximum absolute atomic E-state index is 12.2. The molecule has 22 heavy (non-hydrogen) atoms. The van der Waals surface area contributed by atoms with E-state index in [-0.39, 0.29) is 5.56 Å². The van der Waals surface area contributed by atoms with E-state index in [1.165, 1.54) is 6.08 Å². The highest BCUT2D eigenvalue weighted by Gasteiger charge is 2.11. The average Bonchev–Trinajstić information content (AvgIpc) is 2.90. The minimum atomic E-state index is -0.643. The van der Waals surface area contributed by atoms with Gasteiger partial charge in [-0.05, 0) is 36.4 Å². The number of aryl methyl sites for hydroxylation is 1. The van der Waals surface area contributed by atoms with Gasteiger partial charge in [-0.25, -0.2) is 4.79 Å². The first-order valence-corrected chi connectivity index (χ1v) is 7.27. The predicted octanol–water partition coefficient (Wildman–Crippen LogP) is 3.19. The summed E-state index contributed by atoms with van der Waals surface area (Å²) in [6, 6.07) is 6.79. The molecule has 5 nitrogen and oxygen atoms in total. The van der Waals surface area contributed by atoms with Crippen LogP contribution in [0.3, 0.4) is 0 Å². The molecule has 0 atom stereocenters. The quantitative estimate of drug-likeness (QED) is 0.409. The van der Waals surface area contributed by atoms with Gasteiger partial charge in [-0.2, -0.15) is 5.10 Å². The molecule has 0 spiro atoms. The molecule has 3 rings (SSSR count). The Morgan fingerprint density at radius 3 is 2.91 bits per heavy atom. The normalized spacial score (nSPS) is 11.4. The van der Waals surface area contributed by atoms with Crippen molar-refractivity contribution in [1.82, 2.24) is 9.78 Å². The van der Waals surface area contributed by atoms with Gasteiger partial charge in [0, 0.05) is 28.7 Å². The molecule has 0 aliphatic rings. The molecule has 2 heterocycles. The molecule has 0 fully saturated rings. The Morgan fingerprint density at radius 1 is 1.36 bits per heavy atom. The van der Waals surface area contributed by atoms with Gasteiger partial charge in [-0.15, -0.1) is 0 Å². The summed E-state index contributed by atoms with van der Waals surface area (Å²) in [5.74, 6) is -0.403. The molecular formula is C16H11BrN2O3. The minimum absolute atomic E-state index is 0.00532. The van der Waals surface area contributed by atoms with Gasteiger partial charge < -0.3 is 4.42 Å². The van der Waals surface area contributed by atoms with Gasteiger partial charge in [0.15, 0.2) is 5.78 Å². The van der Waals surface area contributed by atoms with Crippen LogP contribution in [-0.4, -0.2) is 15.6 Å². The van der Waals surface area contributed by atoms with E-state index in [0.717, 1.165) is 10.0 Å². The molecule has 2 aromatic heterocycles. The predicted molar refractivity (Wildman–Crippen MR) is 86.8 cm³/mol. The molecule has 0 saturated carbocycles. The first-order valence-electron chi connectivity index (χ1n) is 6.47. The van der Waals surface area contributed by atoms with Crippen molar-refractivity contribution in [1.29, 1.82) is 0 Å². The Labute approximate surface area is 134 Å². The number of hydrogen-bond donors (Lipinski definition) is 0. The third-order valence-corrected chi connectivity index (χ3v) is 3.60. The van der Waals surface area contributed by atoms with E-state index in [1.54, 1.807) is 54.5 Å². The van der Waals surface area contributed by atoms with Crippen molar-refractivity contribution < 1.29 is 9.21 Å². The second kappa shape index (κ2) is 5.73. The van der Waals surface area contributed by atoms with Crippen LogP contribution in [0.1, 0.15) is 15.9 Å². The molecule has 0 aliphatic heterocycles. The molecule has 110 valence electrons. The van der Waals surface area contributed by atoms with Crippen LogP contribution >= 0.6 is 15.9 Å². The van der Waals surface area contributed by atoms with Crippen LogP contribution in [0.2, 0.25) is 0 Å². The van der Waals surface area contributed by atoms with Crippen molar-refractivity contribution in [2.45, 2.75) is 0 Å². The number of benzene rings is 1. The fraction of sp³-hybridized carbons (Fsp3) is 0.0625. The summed E-state index contributed by atoms with van der Waals surface area (Å²) in [6.07, 6.45) is 6.35. The number of rotatable bonds is 3. The van der Waals surface area contributed by atoms with Crippen molar-refractivity contribution >= 4 is 38.8 Å². The van der Waals surface area contributed by atoms with Gasteiger partial charge in [0.05, 0.1) is 6.20 Å². The molecule has 1 aromatic carbocycles. The third-order valence-electron chi connectivity index (χ3n) is 3.11. The first-order chi connectivity index (χ1) is 10.5. The highest BCUT2D eigenvalue weighted by atomic mass is 79.9. The molecule has 6 heteroatoms. The summed E-state index contributed by atoms with van der Waals surface area (Å²) in [5.41, 5.74) is 0.589. The Morgan fingerprint density at radius 2 is 2.18 bits per heavy atom.